The van der Waals surface area contributed by atoms with Crippen LogP contribution in [0.2, 0.25) is 0 Å². The molecule has 1 heterocycles. The highest BCUT2D eigenvalue weighted by molar-refractivity contribution is 14.1. The van der Waals surface area contributed by atoms with Crippen molar-refractivity contribution >= 4 is 51.7 Å². The van der Waals surface area contributed by atoms with Crippen molar-refractivity contribution < 1.29 is 9.59 Å². The number of rotatable bonds is 2. The second kappa shape index (κ2) is 7.12. The number of nitrogens with zero attached hydrogens (tertiary/aromatic N) is 1. The van der Waals surface area contributed by atoms with E-state index < -0.39 is 0 Å². The van der Waals surface area contributed by atoms with Crippen LogP contribution >= 0.6 is 22.6 Å². The third-order valence-corrected chi connectivity index (χ3v) is 5.53. The summed E-state index contributed by atoms with van der Waals surface area (Å²) in [5.74, 6) is -0.593. The van der Waals surface area contributed by atoms with Gasteiger partial charge in [0.1, 0.15) is 0 Å². The Balaban J connectivity index is 1.93. The lowest BCUT2D eigenvalue weighted by Gasteiger charge is -2.29. The smallest absolute Gasteiger partial charge is 0.265 e. The molecule has 3 aromatic carbocycles. The molecule has 4 heteroatoms. The molecule has 0 N–H and O–H groups in total. The number of fused-ring (bicyclic) bond motifs is 1. The topological polar surface area (TPSA) is 37.4 Å². The number of aryl methyl sites for hydroxylation is 1. The van der Waals surface area contributed by atoms with Crippen molar-refractivity contribution in [3.63, 3.8) is 0 Å². The largest absolute Gasteiger partial charge is 0.268 e. The highest BCUT2D eigenvalue weighted by Gasteiger charge is 2.35. The zero-order valence-electron chi connectivity index (χ0n) is 14.6. The monoisotopic (exact) mass is 465 g/mol. The second-order valence-electron chi connectivity index (χ2n) is 6.41. The summed E-state index contributed by atoms with van der Waals surface area (Å²) in [5, 5.41) is 0. The third kappa shape index (κ3) is 3.21. The molecule has 0 unspecified atom stereocenters. The standard InChI is InChI=1S/C23H16INO2/c1-15-7-6-9-17(13-15)25-22(26)19-11-4-3-10-18(19)20(23(25)27)14-16-8-2-5-12-21(16)24/h2-14H,1H3/b20-14+. The average Bonchev–Trinajstić information content (AvgIpc) is 2.67. The van der Waals surface area contributed by atoms with Crippen LogP contribution < -0.4 is 4.90 Å². The zero-order valence-corrected chi connectivity index (χ0v) is 16.8. The molecule has 0 spiro atoms. The van der Waals surface area contributed by atoms with Gasteiger partial charge in [-0.25, -0.2) is 4.90 Å². The van der Waals surface area contributed by atoms with Crippen molar-refractivity contribution in [2.75, 3.05) is 4.90 Å². The molecule has 132 valence electrons. The molecule has 0 aliphatic carbocycles. The van der Waals surface area contributed by atoms with Crippen LogP contribution in [0.3, 0.4) is 0 Å². The van der Waals surface area contributed by atoms with Crippen LogP contribution in [0.1, 0.15) is 27.0 Å². The van der Waals surface area contributed by atoms with Gasteiger partial charge in [-0.05, 0) is 76.5 Å². The minimum Gasteiger partial charge on any atom is -0.268 e. The fraction of sp³-hybridized carbons (Fsp3) is 0.0435. The summed E-state index contributed by atoms with van der Waals surface area (Å²) in [7, 11) is 0. The first-order valence-corrected chi connectivity index (χ1v) is 9.65. The Morgan fingerprint density at radius 1 is 0.815 bits per heavy atom. The molecule has 0 fully saturated rings. The Morgan fingerprint density at radius 3 is 2.26 bits per heavy atom. The Kier molecular flexibility index (Phi) is 4.66. The van der Waals surface area contributed by atoms with Crippen molar-refractivity contribution in [3.05, 3.63) is 98.6 Å². The first-order chi connectivity index (χ1) is 13.1. The predicted octanol–water partition coefficient (Wildman–Crippen LogP) is 5.33. The van der Waals surface area contributed by atoms with Gasteiger partial charge in [-0.3, -0.25) is 9.59 Å². The summed E-state index contributed by atoms with van der Waals surface area (Å²) >= 11 is 2.25. The summed E-state index contributed by atoms with van der Waals surface area (Å²) in [6.07, 6.45) is 1.87. The van der Waals surface area contributed by atoms with E-state index >= 15 is 0 Å². The maximum absolute atomic E-state index is 13.4. The number of amides is 2. The van der Waals surface area contributed by atoms with Gasteiger partial charge in [-0.15, -0.1) is 0 Å². The first-order valence-electron chi connectivity index (χ1n) is 8.57. The average molecular weight is 465 g/mol. The number of carbonyl (C=O) groups excluding carboxylic acids is 2. The van der Waals surface area contributed by atoms with Crippen LogP contribution in [-0.4, -0.2) is 11.8 Å². The maximum atomic E-state index is 13.4. The van der Waals surface area contributed by atoms with Gasteiger partial charge < -0.3 is 0 Å². The Morgan fingerprint density at radius 2 is 1.52 bits per heavy atom. The normalized spacial score (nSPS) is 15.2. The molecule has 27 heavy (non-hydrogen) atoms. The molecule has 3 aromatic rings. The molecule has 0 radical (unpaired) electrons. The highest BCUT2D eigenvalue weighted by Crippen LogP contribution is 2.34. The molecule has 0 bridgehead atoms. The number of hydrogen-bond donors (Lipinski definition) is 0. The van der Waals surface area contributed by atoms with Crippen LogP contribution in [0, 0.1) is 10.5 Å². The summed E-state index contributed by atoms with van der Waals surface area (Å²) < 4.78 is 1.05. The number of carbonyl (C=O) groups is 2. The van der Waals surface area contributed by atoms with E-state index in [2.05, 4.69) is 22.6 Å². The summed E-state index contributed by atoms with van der Waals surface area (Å²) in [6.45, 7) is 1.94. The van der Waals surface area contributed by atoms with E-state index in [0.717, 1.165) is 14.7 Å². The van der Waals surface area contributed by atoms with E-state index in [1.165, 1.54) is 4.90 Å². The van der Waals surface area contributed by atoms with Gasteiger partial charge in [0.05, 0.1) is 5.69 Å². The number of imide groups is 1. The van der Waals surface area contributed by atoms with E-state index in [1.807, 2.05) is 73.7 Å². The zero-order chi connectivity index (χ0) is 19.0. The summed E-state index contributed by atoms with van der Waals surface area (Å²) in [4.78, 5) is 27.7. The number of benzene rings is 3. The molecule has 4 rings (SSSR count). The van der Waals surface area contributed by atoms with Crippen LogP contribution in [0.25, 0.3) is 11.6 Å². The van der Waals surface area contributed by atoms with E-state index in [4.69, 9.17) is 0 Å². The number of anilines is 1. The lowest BCUT2D eigenvalue weighted by Crippen LogP contribution is -2.41. The van der Waals surface area contributed by atoms with Gasteiger partial charge in [0, 0.05) is 14.7 Å². The molecule has 0 atom stereocenters. The van der Waals surface area contributed by atoms with Crippen molar-refractivity contribution in [3.8, 4) is 0 Å². The minimum atomic E-state index is -0.302. The van der Waals surface area contributed by atoms with Gasteiger partial charge in [-0.1, -0.05) is 48.5 Å². The van der Waals surface area contributed by atoms with Crippen molar-refractivity contribution in [2.24, 2.45) is 0 Å². The minimum absolute atomic E-state index is 0.291. The third-order valence-electron chi connectivity index (χ3n) is 4.55. The van der Waals surface area contributed by atoms with Crippen molar-refractivity contribution in [2.45, 2.75) is 6.92 Å². The molecule has 1 aliphatic heterocycles. The molecule has 1 aliphatic rings. The molecule has 0 saturated carbocycles. The maximum Gasteiger partial charge on any atom is 0.265 e. The SMILES string of the molecule is Cc1cccc(N2C(=O)/C(=C/c3ccccc3I)c3ccccc3C2=O)c1. The van der Waals surface area contributed by atoms with Crippen molar-refractivity contribution in [1.82, 2.24) is 0 Å². The lowest BCUT2D eigenvalue weighted by molar-refractivity contribution is -0.112. The first kappa shape index (κ1) is 17.7. The van der Waals surface area contributed by atoms with Crippen LogP contribution in [0.5, 0.6) is 0 Å². The Bertz CT molecular complexity index is 1100. The lowest BCUT2D eigenvalue weighted by atomic mass is 9.91. The second-order valence-corrected chi connectivity index (χ2v) is 7.57. The quantitative estimate of drug-likeness (QED) is 0.292. The fourth-order valence-corrected chi connectivity index (χ4v) is 3.78. The van der Waals surface area contributed by atoms with Gasteiger partial charge in [0.25, 0.3) is 11.8 Å². The van der Waals surface area contributed by atoms with E-state index in [0.29, 0.717) is 22.4 Å². The summed E-state index contributed by atoms with van der Waals surface area (Å²) in [5.41, 5.74) is 4.28. The van der Waals surface area contributed by atoms with E-state index in [1.54, 1.807) is 12.1 Å². The molecule has 0 aromatic heterocycles. The Labute approximate surface area is 171 Å². The van der Waals surface area contributed by atoms with E-state index in [-0.39, 0.29) is 11.8 Å². The number of hydrogen-bond acceptors (Lipinski definition) is 2. The van der Waals surface area contributed by atoms with Crippen LogP contribution in [0.15, 0.2) is 72.8 Å². The van der Waals surface area contributed by atoms with Gasteiger partial charge in [0.15, 0.2) is 0 Å². The molecule has 2 amide bonds. The van der Waals surface area contributed by atoms with Gasteiger partial charge in [-0.2, -0.15) is 0 Å². The van der Waals surface area contributed by atoms with Crippen molar-refractivity contribution in [1.29, 1.82) is 0 Å². The molecular formula is C23H16INO2. The van der Waals surface area contributed by atoms with Crippen LogP contribution in [-0.2, 0) is 4.79 Å². The highest BCUT2D eigenvalue weighted by atomic mass is 127. The molecular weight excluding hydrogens is 449 g/mol. The predicted molar refractivity (Wildman–Crippen MR) is 116 cm³/mol. The molecule has 3 nitrogen and oxygen atoms in total. The summed E-state index contributed by atoms with van der Waals surface area (Å²) in [6, 6.07) is 22.6. The van der Waals surface area contributed by atoms with Crippen LogP contribution in [0.4, 0.5) is 5.69 Å². The van der Waals surface area contributed by atoms with Gasteiger partial charge >= 0.3 is 0 Å². The van der Waals surface area contributed by atoms with E-state index in [9.17, 15) is 9.59 Å². The Hall–Kier alpha value is -2.73. The number of halogens is 1. The fourth-order valence-electron chi connectivity index (χ4n) is 3.24. The molecule has 0 saturated heterocycles. The van der Waals surface area contributed by atoms with Gasteiger partial charge in [0.2, 0.25) is 0 Å².